The molecule has 2 rings (SSSR count). The minimum atomic E-state index is -4.71. The van der Waals surface area contributed by atoms with Gasteiger partial charge in [-0.15, -0.1) is 0 Å². The summed E-state index contributed by atoms with van der Waals surface area (Å²) >= 11 is 0. The van der Waals surface area contributed by atoms with Crippen molar-refractivity contribution in [2.45, 2.75) is 38.4 Å². The highest BCUT2D eigenvalue weighted by Crippen LogP contribution is 2.31. The van der Waals surface area contributed by atoms with Gasteiger partial charge in [0.05, 0.1) is 28.8 Å². The van der Waals surface area contributed by atoms with Crippen molar-refractivity contribution >= 4 is 27.6 Å². The number of hydrogen-bond acceptors (Lipinski definition) is 5. The number of rotatable bonds is 6. The first-order valence-electron chi connectivity index (χ1n) is 9.34. The third kappa shape index (κ3) is 6.46. The topological polar surface area (TPSA) is 102 Å². The van der Waals surface area contributed by atoms with Crippen molar-refractivity contribution in [1.82, 2.24) is 5.32 Å². The van der Waals surface area contributed by atoms with E-state index in [1.54, 1.807) is 20.8 Å². The molecule has 2 aromatic rings. The summed E-state index contributed by atoms with van der Waals surface area (Å²) in [6.07, 6.45) is -4.71. The Kier molecular flexibility index (Phi) is 7.23. The minimum Gasteiger partial charge on any atom is -0.465 e. The molecule has 0 aromatic heterocycles. The number of halogens is 3. The summed E-state index contributed by atoms with van der Waals surface area (Å²) in [5.74, 6) is -1.03. The summed E-state index contributed by atoms with van der Waals surface area (Å²) < 4.78 is 71.0. The number of carbonyl (C=O) groups is 2. The monoisotopic (exact) mass is 472 g/mol. The van der Waals surface area contributed by atoms with Gasteiger partial charge >= 0.3 is 12.1 Å². The molecule has 0 unspecified atom stereocenters. The molecule has 0 spiro atoms. The second-order valence-corrected chi connectivity index (χ2v) is 9.66. The summed E-state index contributed by atoms with van der Waals surface area (Å²) in [5.41, 5.74) is -1.49. The van der Waals surface area contributed by atoms with E-state index in [-0.39, 0.29) is 23.7 Å². The van der Waals surface area contributed by atoms with Gasteiger partial charge in [-0.3, -0.25) is 9.52 Å². The van der Waals surface area contributed by atoms with Crippen molar-refractivity contribution in [3.8, 4) is 0 Å². The van der Waals surface area contributed by atoms with Crippen LogP contribution in [0.3, 0.4) is 0 Å². The summed E-state index contributed by atoms with van der Waals surface area (Å²) in [6.45, 7) is 5.12. The molecule has 0 radical (unpaired) electrons. The van der Waals surface area contributed by atoms with E-state index in [2.05, 4.69) is 14.8 Å². The molecule has 1 amide bonds. The maximum atomic E-state index is 12.9. The Labute approximate surface area is 184 Å². The maximum absolute atomic E-state index is 12.9. The maximum Gasteiger partial charge on any atom is 0.416 e. The predicted molar refractivity (Wildman–Crippen MR) is 111 cm³/mol. The highest BCUT2D eigenvalue weighted by molar-refractivity contribution is 7.92. The van der Waals surface area contributed by atoms with Crippen LogP contribution in [0.25, 0.3) is 0 Å². The zero-order valence-corrected chi connectivity index (χ0v) is 18.6. The zero-order chi connectivity index (χ0) is 24.3. The molecule has 32 heavy (non-hydrogen) atoms. The fraction of sp³-hybridized carbons (Fsp3) is 0.333. The molecule has 0 fully saturated rings. The molecule has 0 aliphatic heterocycles. The molecule has 174 valence electrons. The summed E-state index contributed by atoms with van der Waals surface area (Å²) in [4.78, 5) is 23.5. The highest BCUT2D eigenvalue weighted by Gasteiger charge is 2.31. The molecule has 0 bridgehead atoms. The highest BCUT2D eigenvalue weighted by atomic mass is 32.2. The summed E-state index contributed by atoms with van der Waals surface area (Å²) in [6, 6.07) is 7.23. The first kappa shape index (κ1) is 25.2. The number of carbonyl (C=O) groups excluding carboxylic acids is 2. The van der Waals surface area contributed by atoms with Gasteiger partial charge in [-0.2, -0.15) is 13.2 Å². The van der Waals surface area contributed by atoms with E-state index in [1.807, 2.05) is 0 Å². The largest absolute Gasteiger partial charge is 0.465 e. The zero-order valence-electron chi connectivity index (χ0n) is 17.8. The number of hydrogen-bond donors (Lipinski definition) is 2. The number of benzene rings is 2. The van der Waals surface area contributed by atoms with E-state index >= 15 is 0 Å². The van der Waals surface area contributed by atoms with E-state index in [0.717, 1.165) is 25.3 Å². The first-order valence-corrected chi connectivity index (χ1v) is 10.8. The molecule has 2 aromatic carbocycles. The summed E-state index contributed by atoms with van der Waals surface area (Å²) in [5, 5.41) is 2.68. The van der Waals surface area contributed by atoms with Crippen LogP contribution >= 0.6 is 0 Å². The Hall–Kier alpha value is -3.08. The quantitative estimate of drug-likeness (QED) is 0.620. The molecule has 0 aliphatic carbocycles. The second kappa shape index (κ2) is 9.19. The lowest BCUT2D eigenvalue weighted by atomic mass is 9.95. The third-order valence-electron chi connectivity index (χ3n) is 4.27. The Morgan fingerprint density at radius 1 is 1.03 bits per heavy atom. The second-order valence-electron chi connectivity index (χ2n) is 7.97. The van der Waals surface area contributed by atoms with Gasteiger partial charge < -0.3 is 10.1 Å². The molecule has 0 atom stereocenters. The average molecular weight is 472 g/mol. The minimum absolute atomic E-state index is 0.00301. The van der Waals surface area contributed by atoms with E-state index in [0.29, 0.717) is 11.6 Å². The molecule has 7 nitrogen and oxygen atoms in total. The van der Waals surface area contributed by atoms with Crippen molar-refractivity contribution in [2.24, 2.45) is 5.41 Å². The van der Waals surface area contributed by atoms with Crippen LogP contribution in [0.5, 0.6) is 0 Å². The lowest BCUT2D eigenvalue weighted by molar-refractivity contribution is -0.137. The van der Waals surface area contributed by atoms with Crippen molar-refractivity contribution < 1.29 is 35.9 Å². The molecule has 11 heteroatoms. The molecular formula is C21H23F3N2O5S. The fourth-order valence-corrected chi connectivity index (χ4v) is 3.68. The Morgan fingerprint density at radius 2 is 1.69 bits per heavy atom. The number of sulfonamides is 1. The predicted octanol–water partition coefficient (Wildman–Crippen LogP) is 3.96. The van der Waals surface area contributed by atoms with Crippen LogP contribution in [0.2, 0.25) is 0 Å². The van der Waals surface area contributed by atoms with Gasteiger partial charge in [0.1, 0.15) is 0 Å². The van der Waals surface area contributed by atoms with Crippen LogP contribution in [-0.2, 0) is 32.3 Å². The molecule has 0 saturated heterocycles. The molecule has 0 aliphatic rings. The van der Waals surface area contributed by atoms with E-state index in [1.165, 1.54) is 18.2 Å². The molecule has 0 saturated carbocycles. The molecule has 2 N–H and O–H groups in total. The van der Waals surface area contributed by atoms with E-state index in [4.69, 9.17) is 0 Å². The lowest BCUT2D eigenvalue weighted by Crippen LogP contribution is -2.34. The van der Waals surface area contributed by atoms with E-state index < -0.39 is 38.0 Å². The SMILES string of the molecule is COC(=O)c1cc(CNC(=O)C(C)(C)C)cc(NS(=O)(=O)c2cccc(C(F)(F)F)c2)c1. The van der Waals surface area contributed by atoms with Gasteiger partial charge in [-0.1, -0.05) is 26.8 Å². The van der Waals surface area contributed by atoms with Gasteiger partial charge in [0.15, 0.2) is 0 Å². The fourth-order valence-electron chi connectivity index (χ4n) is 2.59. The number of amides is 1. The normalized spacial score (nSPS) is 12.2. The number of esters is 1. The van der Waals surface area contributed by atoms with Gasteiger partial charge in [0.2, 0.25) is 5.91 Å². The Balaban J connectivity index is 2.39. The van der Waals surface area contributed by atoms with Crippen LogP contribution in [0, 0.1) is 5.41 Å². The van der Waals surface area contributed by atoms with Crippen LogP contribution in [-0.4, -0.2) is 27.4 Å². The van der Waals surface area contributed by atoms with Crippen molar-refractivity contribution in [3.05, 3.63) is 59.2 Å². The van der Waals surface area contributed by atoms with Crippen molar-refractivity contribution in [1.29, 1.82) is 0 Å². The Bertz CT molecular complexity index is 1120. The average Bonchev–Trinajstić information content (AvgIpc) is 2.69. The molecular weight excluding hydrogens is 449 g/mol. The standard InChI is InChI=1S/C21H23F3N2O5S/c1-20(2,3)19(28)25-12-13-8-14(18(27)31-4)10-16(9-13)26-32(29,30)17-7-5-6-15(11-17)21(22,23)24/h5-11,26H,12H2,1-4H3,(H,25,28). The number of alkyl halides is 3. The third-order valence-corrected chi connectivity index (χ3v) is 5.65. The van der Waals surface area contributed by atoms with Crippen LogP contribution in [0.4, 0.5) is 18.9 Å². The van der Waals surface area contributed by atoms with Crippen LogP contribution < -0.4 is 10.0 Å². The van der Waals surface area contributed by atoms with Gasteiger partial charge in [0, 0.05) is 12.0 Å². The molecule has 0 heterocycles. The summed E-state index contributed by atoms with van der Waals surface area (Å²) in [7, 11) is -3.26. The van der Waals surface area contributed by atoms with Crippen LogP contribution in [0.1, 0.15) is 42.3 Å². The number of nitrogens with one attached hydrogen (secondary N) is 2. The number of methoxy groups -OCH3 is 1. The van der Waals surface area contributed by atoms with Crippen LogP contribution in [0.15, 0.2) is 47.4 Å². The Morgan fingerprint density at radius 3 is 2.25 bits per heavy atom. The number of ether oxygens (including phenoxy) is 1. The number of anilines is 1. The first-order chi connectivity index (χ1) is 14.6. The van der Waals surface area contributed by atoms with Crippen molar-refractivity contribution in [3.63, 3.8) is 0 Å². The van der Waals surface area contributed by atoms with E-state index in [9.17, 15) is 31.2 Å². The van der Waals surface area contributed by atoms with Crippen molar-refractivity contribution in [2.75, 3.05) is 11.8 Å². The van der Waals surface area contributed by atoms with Gasteiger partial charge in [-0.05, 0) is 42.0 Å². The lowest BCUT2D eigenvalue weighted by Gasteiger charge is -2.18. The smallest absolute Gasteiger partial charge is 0.416 e. The van der Waals surface area contributed by atoms with Gasteiger partial charge in [0.25, 0.3) is 10.0 Å². The van der Waals surface area contributed by atoms with Gasteiger partial charge in [-0.25, -0.2) is 13.2 Å².